The van der Waals surface area contributed by atoms with Crippen LogP contribution in [0.15, 0.2) is 48.5 Å². The molecule has 0 saturated heterocycles. The average Bonchev–Trinajstić information content (AvgIpc) is 3.02. The minimum atomic E-state index is -0.147. The summed E-state index contributed by atoms with van der Waals surface area (Å²) in [5.41, 5.74) is 1.63. The number of rotatable bonds is 6. The number of hydrogen-bond donors (Lipinski definition) is 2. The Balaban J connectivity index is 1.50. The first-order chi connectivity index (χ1) is 12.1. The molecule has 1 heterocycles. The van der Waals surface area contributed by atoms with Gasteiger partial charge in [-0.3, -0.25) is 9.89 Å². The van der Waals surface area contributed by atoms with Crippen molar-refractivity contribution in [1.29, 1.82) is 0 Å². The number of nitrogens with zero attached hydrogens (tertiary/aromatic N) is 2. The Morgan fingerprint density at radius 2 is 1.88 bits per heavy atom. The maximum Gasteiger partial charge on any atom is 0.251 e. The molecule has 5 nitrogen and oxygen atoms in total. The molecule has 3 aromatic rings. The highest BCUT2D eigenvalue weighted by atomic mass is 35.5. The number of H-pyrrole nitrogens is 1. The summed E-state index contributed by atoms with van der Waals surface area (Å²) < 4.78 is 0. The number of halogens is 2. The highest BCUT2D eigenvalue weighted by molar-refractivity contribution is 6.30. The van der Waals surface area contributed by atoms with Crippen LogP contribution in [0.4, 0.5) is 0 Å². The van der Waals surface area contributed by atoms with Crippen LogP contribution in [0.25, 0.3) is 0 Å². The number of carbonyl (C=O) groups excluding carboxylic acids is 1. The van der Waals surface area contributed by atoms with Crippen LogP contribution in [0.1, 0.15) is 27.6 Å². The number of amides is 1. The van der Waals surface area contributed by atoms with Crippen LogP contribution in [-0.2, 0) is 12.8 Å². The molecular weight excluding hydrogens is 359 g/mol. The molecular formula is C18H16Cl2N4O. The summed E-state index contributed by atoms with van der Waals surface area (Å²) in [7, 11) is 0. The van der Waals surface area contributed by atoms with E-state index in [0.29, 0.717) is 40.8 Å². The van der Waals surface area contributed by atoms with E-state index < -0.39 is 0 Å². The molecule has 128 valence electrons. The van der Waals surface area contributed by atoms with Crippen molar-refractivity contribution in [2.24, 2.45) is 0 Å². The molecule has 2 aromatic carbocycles. The zero-order chi connectivity index (χ0) is 17.6. The van der Waals surface area contributed by atoms with E-state index in [0.717, 1.165) is 11.4 Å². The van der Waals surface area contributed by atoms with Gasteiger partial charge in [0, 0.05) is 35.0 Å². The summed E-state index contributed by atoms with van der Waals surface area (Å²) in [6.07, 6.45) is 1.18. The number of aromatic amines is 1. The predicted molar refractivity (Wildman–Crippen MR) is 98.1 cm³/mol. The molecule has 0 spiro atoms. The van der Waals surface area contributed by atoms with Crippen molar-refractivity contribution in [1.82, 2.24) is 20.5 Å². The molecule has 0 aliphatic heterocycles. The van der Waals surface area contributed by atoms with Crippen molar-refractivity contribution in [2.45, 2.75) is 12.8 Å². The van der Waals surface area contributed by atoms with E-state index in [1.54, 1.807) is 24.3 Å². The Kier molecular flexibility index (Phi) is 5.68. The van der Waals surface area contributed by atoms with Crippen LogP contribution in [-0.4, -0.2) is 27.6 Å². The first-order valence-electron chi connectivity index (χ1n) is 7.78. The van der Waals surface area contributed by atoms with Gasteiger partial charge in [-0.2, -0.15) is 5.10 Å². The Labute approximate surface area is 155 Å². The fourth-order valence-electron chi connectivity index (χ4n) is 2.36. The van der Waals surface area contributed by atoms with Crippen LogP contribution < -0.4 is 5.32 Å². The fraction of sp³-hybridized carbons (Fsp3) is 0.167. The molecule has 2 N–H and O–H groups in total. The van der Waals surface area contributed by atoms with Crippen molar-refractivity contribution in [3.05, 3.63) is 81.4 Å². The zero-order valence-electron chi connectivity index (χ0n) is 13.3. The highest BCUT2D eigenvalue weighted by Crippen LogP contribution is 2.13. The van der Waals surface area contributed by atoms with Crippen LogP contribution >= 0.6 is 23.2 Å². The standard InChI is InChI=1S/C18H16Cl2N4O/c19-14-6-4-13(5-7-14)18(25)21-9-8-16-22-17(24-23-16)11-12-2-1-3-15(20)10-12/h1-7,10H,8-9,11H2,(H,21,25)(H,22,23,24). The molecule has 1 amide bonds. The second kappa shape index (κ2) is 8.14. The first kappa shape index (κ1) is 17.5. The normalized spacial score (nSPS) is 10.6. The first-order valence-corrected chi connectivity index (χ1v) is 8.54. The summed E-state index contributed by atoms with van der Waals surface area (Å²) in [5.74, 6) is 1.28. The van der Waals surface area contributed by atoms with Gasteiger partial charge in [0.25, 0.3) is 5.91 Å². The van der Waals surface area contributed by atoms with Gasteiger partial charge in [0.1, 0.15) is 5.82 Å². The second-order valence-electron chi connectivity index (χ2n) is 5.52. The maximum absolute atomic E-state index is 12.0. The number of aromatic nitrogens is 3. The Morgan fingerprint density at radius 1 is 1.08 bits per heavy atom. The summed E-state index contributed by atoms with van der Waals surface area (Å²) in [6, 6.07) is 14.4. The summed E-state index contributed by atoms with van der Waals surface area (Å²) >= 11 is 11.8. The third kappa shape index (κ3) is 5.05. The largest absolute Gasteiger partial charge is 0.352 e. The van der Waals surface area contributed by atoms with Gasteiger partial charge >= 0.3 is 0 Å². The summed E-state index contributed by atoms with van der Waals surface area (Å²) in [6.45, 7) is 0.454. The van der Waals surface area contributed by atoms with Gasteiger partial charge in [-0.25, -0.2) is 4.98 Å². The quantitative estimate of drug-likeness (QED) is 0.691. The molecule has 25 heavy (non-hydrogen) atoms. The lowest BCUT2D eigenvalue weighted by Gasteiger charge is -2.03. The van der Waals surface area contributed by atoms with Crippen LogP contribution in [0.3, 0.4) is 0 Å². The SMILES string of the molecule is O=C(NCCc1n[nH]c(Cc2cccc(Cl)c2)n1)c1ccc(Cl)cc1. The van der Waals surface area contributed by atoms with Gasteiger partial charge in [-0.15, -0.1) is 0 Å². The van der Waals surface area contributed by atoms with Crippen molar-refractivity contribution in [3.63, 3.8) is 0 Å². The Bertz CT molecular complexity index is 862. The Morgan fingerprint density at radius 3 is 2.64 bits per heavy atom. The van der Waals surface area contributed by atoms with Gasteiger partial charge in [0.05, 0.1) is 0 Å². The fourth-order valence-corrected chi connectivity index (χ4v) is 2.70. The second-order valence-corrected chi connectivity index (χ2v) is 6.39. The van der Waals surface area contributed by atoms with E-state index in [1.165, 1.54) is 0 Å². The van der Waals surface area contributed by atoms with Crippen molar-refractivity contribution >= 4 is 29.1 Å². The lowest BCUT2D eigenvalue weighted by Crippen LogP contribution is -2.25. The van der Waals surface area contributed by atoms with E-state index in [1.807, 2.05) is 24.3 Å². The zero-order valence-corrected chi connectivity index (χ0v) is 14.8. The van der Waals surface area contributed by atoms with Crippen LogP contribution in [0.2, 0.25) is 10.0 Å². The smallest absolute Gasteiger partial charge is 0.251 e. The van der Waals surface area contributed by atoms with Gasteiger partial charge in [0.2, 0.25) is 0 Å². The number of hydrogen-bond acceptors (Lipinski definition) is 3. The monoisotopic (exact) mass is 374 g/mol. The lowest BCUT2D eigenvalue weighted by molar-refractivity contribution is 0.0954. The topological polar surface area (TPSA) is 70.7 Å². The minimum Gasteiger partial charge on any atom is -0.352 e. The van der Waals surface area contributed by atoms with Gasteiger partial charge in [0.15, 0.2) is 5.82 Å². The molecule has 0 aliphatic carbocycles. The number of carbonyl (C=O) groups is 1. The van der Waals surface area contributed by atoms with E-state index in [4.69, 9.17) is 23.2 Å². The third-order valence-corrected chi connectivity index (χ3v) is 4.07. The molecule has 0 bridgehead atoms. The molecule has 1 aromatic heterocycles. The Hall–Kier alpha value is -2.37. The molecule has 0 saturated carbocycles. The minimum absolute atomic E-state index is 0.147. The average molecular weight is 375 g/mol. The number of benzene rings is 2. The third-order valence-electron chi connectivity index (χ3n) is 3.58. The van der Waals surface area contributed by atoms with E-state index in [-0.39, 0.29) is 5.91 Å². The molecule has 0 fully saturated rings. The molecule has 0 aliphatic rings. The van der Waals surface area contributed by atoms with Gasteiger partial charge < -0.3 is 5.32 Å². The highest BCUT2D eigenvalue weighted by Gasteiger charge is 2.07. The van der Waals surface area contributed by atoms with E-state index in [2.05, 4.69) is 20.5 Å². The molecule has 7 heteroatoms. The predicted octanol–water partition coefficient (Wildman–Crippen LogP) is 3.67. The van der Waals surface area contributed by atoms with Crippen LogP contribution in [0.5, 0.6) is 0 Å². The van der Waals surface area contributed by atoms with E-state index >= 15 is 0 Å². The molecule has 0 radical (unpaired) electrons. The summed E-state index contributed by atoms with van der Waals surface area (Å²) in [5, 5.41) is 11.2. The number of nitrogens with one attached hydrogen (secondary N) is 2. The van der Waals surface area contributed by atoms with E-state index in [9.17, 15) is 4.79 Å². The van der Waals surface area contributed by atoms with Crippen molar-refractivity contribution < 1.29 is 4.79 Å². The molecule has 0 atom stereocenters. The van der Waals surface area contributed by atoms with Crippen molar-refractivity contribution in [2.75, 3.05) is 6.54 Å². The van der Waals surface area contributed by atoms with Crippen molar-refractivity contribution in [3.8, 4) is 0 Å². The van der Waals surface area contributed by atoms with Gasteiger partial charge in [-0.05, 0) is 42.0 Å². The maximum atomic E-state index is 12.0. The van der Waals surface area contributed by atoms with Gasteiger partial charge in [-0.1, -0.05) is 35.3 Å². The van der Waals surface area contributed by atoms with Crippen LogP contribution in [0, 0.1) is 0 Å². The lowest BCUT2D eigenvalue weighted by atomic mass is 10.1. The molecule has 0 unspecified atom stereocenters. The summed E-state index contributed by atoms with van der Waals surface area (Å²) in [4.78, 5) is 16.4. The molecule has 3 rings (SSSR count).